The van der Waals surface area contributed by atoms with Crippen LogP contribution in [0.15, 0.2) is 0 Å². The molecule has 21 heavy (non-hydrogen) atoms. The molecule has 1 aliphatic heterocycles. The summed E-state index contributed by atoms with van der Waals surface area (Å²) in [5.74, 6) is -1.20. The zero-order valence-corrected chi connectivity index (χ0v) is 13.8. The van der Waals surface area contributed by atoms with Crippen LogP contribution in [-0.2, 0) is 9.59 Å². The maximum atomic E-state index is 11.4. The Hall–Kier alpha value is -0.750. The number of carboxylic acid groups (broad SMARTS) is 2. The fraction of sp³-hybridized carbons (Fsp3) is 0.867. The average molecular weight is 317 g/mol. The van der Waals surface area contributed by atoms with E-state index in [1.165, 1.54) is 0 Å². The van der Waals surface area contributed by atoms with Crippen LogP contribution in [-0.4, -0.2) is 58.2 Å². The lowest BCUT2D eigenvalue weighted by Gasteiger charge is -2.33. The van der Waals surface area contributed by atoms with Crippen molar-refractivity contribution in [2.75, 3.05) is 25.9 Å². The Balaban J connectivity index is 2.47. The largest absolute Gasteiger partial charge is 0.481 e. The fourth-order valence-electron chi connectivity index (χ4n) is 3.10. The van der Waals surface area contributed by atoms with E-state index in [0.29, 0.717) is 5.92 Å². The molecule has 5 nitrogen and oxygen atoms in total. The van der Waals surface area contributed by atoms with Gasteiger partial charge in [-0.15, -0.1) is 0 Å². The van der Waals surface area contributed by atoms with Crippen LogP contribution in [0.25, 0.3) is 0 Å². The summed E-state index contributed by atoms with van der Waals surface area (Å²) < 4.78 is 0. The van der Waals surface area contributed by atoms with E-state index in [-0.39, 0.29) is 17.7 Å². The third-order valence-electron chi connectivity index (χ3n) is 4.30. The van der Waals surface area contributed by atoms with Gasteiger partial charge in [-0.2, -0.15) is 11.8 Å². The summed E-state index contributed by atoms with van der Waals surface area (Å²) in [4.78, 5) is 24.1. The normalized spacial score (nSPS) is 20.1. The molecule has 6 heteroatoms. The van der Waals surface area contributed by atoms with Crippen LogP contribution in [0, 0.1) is 11.8 Å². The van der Waals surface area contributed by atoms with Crippen LogP contribution in [0.1, 0.15) is 39.0 Å². The van der Waals surface area contributed by atoms with Crippen LogP contribution in [0.4, 0.5) is 0 Å². The van der Waals surface area contributed by atoms with Gasteiger partial charge in [-0.25, -0.2) is 0 Å². The second-order valence-electron chi connectivity index (χ2n) is 5.86. The lowest BCUT2D eigenvalue weighted by atomic mass is 9.87. The molecule has 1 fully saturated rings. The third-order valence-corrected chi connectivity index (χ3v) is 5.43. The number of piperidine rings is 1. The fourth-order valence-corrected chi connectivity index (χ4v) is 4.15. The van der Waals surface area contributed by atoms with Gasteiger partial charge in [-0.1, -0.05) is 13.3 Å². The monoisotopic (exact) mass is 317 g/mol. The van der Waals surface area contributed by atoms with Crippen molar-refractivity contribution < 1.29 is 19.8 Å². The van der Waals surface area contributed by atoms with Gasteiger partial charge in [-0.3, -0.25) is 14.5 Å². The Kier molecular flexibility index (Phi) is 8.11. The summed E-state index contributed by atoms with van der Waals surface area (Å²) in [6, 6.07) is 0. The highest BCUT2D eigenvalue weighted by Gasteiger charge is 2.30. The van der Waals surface area contributed by atoms with Gasteiger partial charge in [0, 0.05) is 5.25 Å². The molecule has 2 unspecified atom stereocenters. The summed E-state index contributed by atoms with van der Waals surface area (Å²) in [5, 5.41) is 18.4. The first-order valence-corrected chi connectivity index (χ1v) is 8.96. The van der Waals surface area contributed by atoms with E-state index < -0.39 is 11.9 Å². The van der Waals surface area contributed by atoms with E-state index in [9.17, 15) is 14.7 Å². The van der Waals surface area contributed by atoms with Crippen molar-refractivity contribution in [1.29, 1.82) is 0 Å². The van der Waals surface area contributed by atoms with Gasteiger partial charge in [0.1, 0.15) is 0 Å². The highest BCUT2D eigenvalue weighted by molar-refractivity contribution is 7.99. The van der Waals surface area contributed by atoms with Gasteiger partial charge >= 0.3 is 11.9 Å². The summed E-state index contributed by atoms with van der Waals surface area (Å²) in [5.41, 5.74) is 0. The summed E-state index contributed by atoms with van der Waals surface area (Å²) in [6.07, 6.45) is 6.50. The number of hydrogen-bond donors (Lipinski definition) is 2. The molecule has 1 saturated heterocycles. The van der Waals surface area contributed by atoms with Crippen molar-refractivity contribution in [3.63, 3.8) is 0 Å². The quantitative estimate of drug-likeness (QED) is 0.680. The second-order valence-corrected chi connectivity index (χ2v) is 6.93. The van der Waals surface area contributed by atoms with E-state index in [0.717, 1.165) is 45.2 Å². The number of thioether (sulfide) groups is 1. The SMILES string of the molecule is CCCC(C(=O)O)C(CC1CCN(CC(=O)O)CC1)SC. The number of rotatable bonds is 9. The number of carbonyl (C=O) groups is 2. The van der Waals surface area contributed by atoms with Crippen LogP contribution in [0.5, 0.6) is 0 Å². The lowest BCUT2D eigenvalue weighted by molar-refractivity contribution is -0.142. The number of hydrogen-bond acceptors (Lipinski definition) is 4. The van der Waals surface area contributed by atoms with Crippen molar-refractivity contribution in [3.8, 4) is 0 Å². The summed E-state index contributed by atoms with van der Waals surface area (Å²) in [6.45, 7) is 3.76. The van der Waals surface area contributed by atoms with E-state index in [2.05, 4.69) is 0 Å². The molecule has 1 rings (SSSR count). The van der Waals surface area contributed by atoms with Crippen molar-refractivity contribution in [1.82, 2.24) is 4.90 Å². The highest BCUT2D eigenvalue weighted by atomic mass is 32.2. The minimum absolute atomic E-state index is 0.117. The third kappa shape index (κ3) is 6.26. The molecule has 2 N–H and O–H groups in total. The number of aliphatic carboxylic acids is 2. The molecule has 0 aromatic rings. The zero-order chi connectivity index (χ0) is 15.8. The summed E-state index contributed by atoms with van der Waals surface area (Å²) in [7, 11) is 0. The number of carboxylic acids is 2. The topological polar surface area (TPSA) is 77.8 Å². The molecule has 0 amide bonds. The van der Waals surface area contributed by atoms with Gasteiger partial charge in [0.2, 0.25) is 0 Å². The number of likely N-dealkylation sites (tertiary alicyclic amines) is 1. The molecular weight excluding hydrogens is 290 g/mol. The lowest BCUT2D eigenvalue weighted by Crippen LogP contribution is -2.38. The van der Waals surface area contributed by atoms with Gasteiger partial charge in [0.15, 0.2) is 0 Å². The maximum Gasteiger partial charge on any atom is 0.317 e. The molecule has 0 aromatic heterocycles. The van der Waals surface area contributed by atoms with E-state index in [1.54, 1.807) is 11.8 Å². The predicted octanol–water partition coefficient (Wildman–Crippen LogP) is 2.41. The smallest absolute Gasteiger partial charge is 0.317 e. The van der Waals surface area contributed by atoms with Crippen molar-refractivity contribution in [2.45, 2.75) is 44.3 Å². The van der Waals surface area contributed by atoms with Crippen LogP contribution in [0.3, 0.4) is 0 Å². The predicted molar refractivity (Wildman–Crippen MR) is 84.8 cm³/mol. The molecule has 0 spiro atoms. The first-order chi connectivity index (χ1) is 9.97. The van der Waals surface area contributed by atoms with Gasteiger partial charge in [0.05, 0.1) is 12.5 Å². The molecule has 1 aliphatic rings. The van der Waals surface area contributed by atoms with Crippen molar-refractivity contribution in [3.05, 3.63) is 0 Å². The first-order valence-electron chi connectivity index (χ1n) is 7.67. The molecule has 0 aromatic carbocycles. The Morgan fingerprint density at radius 2 is 1.90 bits per heavy atom. The minimum atomic E-state index is -0.774. The Labute approximate surface area is 131 Å². The Morgan fingerprint density at radius 3 is 2.33 bits per heavy atom. The average Bonchev–Trinajstić information content (AvgIpc) is 2.43. The van der Waals surface area contributed by atoms with Crippen molar-refractivity contribution >= 4 is 23.7 Å². The van der Waals surface area contributed by atoms with E-state index in [4.69, 9.17) is 5.11 Å². The summed E-state index contributed by atoms with van der Waals surface area (Å²) >= 11 is 1.66. The zero-order valence-electron chi connectivity index (χ0n) is 13.0. The van der Waals surface area contributed by atoms with Crippen molar-refractivity contribution in [2.24, 2.45) is 11.8 Å². The van der Waals surface area contributed by atoms with Crippen LogP contribution >= 0.6 is 11.8 Å². The molecule has 1 heterocycles. The molecular formula is C15H27NO4S. The molecule has 0 bridgehead atoms. The molecule has 0 aliphatic carbocycles. The molecule has 2 atom stereocenters. The van der Waals surface area contributed by atoms with Gasteiger partial charge in [-0.05, 0) is 50.9 Å². The highest BCUT2D eigenvalue weighted by Crippen LogP contribution is 2.32. The van der Waals surface area contributed by atoms with Crippen LogP contribution in [0.2, 0.25) is 0 Å². The number of nitrogens with zero attached hydrogens (tertiary/aromatic N) is 1. The second kappa shape index (κ2) is 9.30. The van der Waals surface area contributed by atoms with Gasteiger partial charge in [0.25, 0.3) is 0 Å². The van der Waals surface area contributed by atoms with Gasteiger partial charge < -0.3 is 10.2 Å². The molecule has 0 saturated carbocycles. The van der Waals surface area contributed by atoms with Crippen LogP contribution < -0.4 is 0 Å². The standard InChI is InChI=1S/C15H27NO4S/c1-3-4-12(15(19)20)13(21-2)9-11-5-7-16(8-6-11)10-14(17)18/h11-13H,3-10H2,1-2H3,(H,17,18)(H,19,20). The Bertz CT molecular complexity index is 343. The minimum Gasteiger partial charge on any atom is -0.481 e. The molecule has 0 radical (unpaired) electrons. The van der Waals surface area contributed by atoms with E-state index in [1.807, 2.05) is 18.1 Å². The maximum absolute atomic E-state index is 11.4. The van der Waals surface area contributed by atoms with E-state index >= 15 is 0 Å². The first kappa shape index (κ1) is 18.3. The Morgan fingerprint density at radius 1 is 1.29 bits per heavy atom. The molecule has 122 valence electrons.